The molecule has 0 aliphatic rings. The second-order valence-corrected chi connectivity index (χ2v) is 7.48. The maximum Gasteiger partial charge on any atom is 0.138 e. The monoisotopic (exact) mass is 396 g/mol. The third-order valence-corrected chi connectivity index (χ3v) is 5.52. The number of H-pyrrole nitrogens is 1. The lowest BCUT2D eigenvalue weighted by Gasteiger charge is -2.05. The molecule has 3 nitrogen and oxygen atoms in total. The fourth-order valence-corrected chi connectivity index (χ4v) is 3.90. The molecular formula is C26H21FN2O. The number of benzene rings is 3. The van der Waals surface area contributed by atoms with Gasteiger partial charge in [-0.05, 0) is 77.6 Å². The highest BCUT2D eigenvalue weighted by Gasteiger charge is 2.09. The van der Waals surface area contributed by atoms with E-state index in [2.05, 4.69) is 46.4 Å². The molecule has 0 aliphatic heterocycles. The highest BCUT2D eigenvalue weighted by molar-refractivity contribution is 6.07. The van der Waals surface area contributed by atoms with Gasteiger partial charge in [0.2, 0.25) is 0 Å². The van der Waals surface area contributed by atoms with Crippen LogP contribution in [-0.4, -0.2) is 17.1 Å². The molecule has 2 heterocycles. The fourth-order valence-electron chi connectivity index (χ4n) is 3.90. The number of aromatic nitrogens is 2. The van der Waals surface area contributed by atoms with Crippen LogP contribution in [-0.2, 0) is 12.8 Å². The zero-order valence-corrected chi connectivity index (χ0v) is 16.7. The van der Waals surface area contributed by atoms with Gasteiger partial charge in [0.1, 0.15) is 17.2 Å². The Morgan fingerprint density at radius 2 is 1.63 bits per heavy atom. The van der Waals surface area contributed by atoms with Crippen molar-refractivity contribution in [1.29, 1.82) is 0 Å². The third-order valence-electron chi connectivity index (χ3n) is 5.52. The smallest absolute Gasteiger partial charge is 0.138 e. The molecule has 5 rings (SSSR count). The van der Waals surface area contributed by atoms with Gasteiger partial charge in [-0.3, -0.25) is 0 Å². The molecule has 0 unspecified atom stereocenters. The number of pyridine rings is 1. The van der Waals surface area contributed by atoms with Crippen LogP contribution in [0.2, 0.25) is 0 Å². The zero-order valence-electron chi connectivity index (χ0n) is 16.7. The Morgan fingerprint density at radius 3 is 2.43 bits per heavy atom. The summed E-state index contributed by atoms with van der Waals surface area (Å²) in [6.07, 6.45) is 3.50. The number of aromatic amines is 1. The van der Waals surface area contributed by atoms with Crippen molar-refractivity contribution in [2.24, 2.45) is 0 Å². The van der Waals surface area contributed by atoms with Crippen LogP contribution in [0.5, 0.6) is 5.75 Å². The summed E-state index contributed by atoms with van der Waals surface area (Å²) < 4.78 is 18.7. The second-order valence-electron chi connectivity index (χ2n) is 7.48. The molecule has 4 heteroatoms. The van der Waals surface area contributed by atoms with Crippen LogP contribution in [0.1, 0.15) is 11.1 Å². The summed E-state index contributed by atoms with van der Waals surface area (Å²) in [5.41, 5.74) is 6.38. The van der Waals surface area contributed by atoms with Crippen molar-refractivity contribution in [2.45, 2.75) is 12.8 Å². The summed E-state index contributed by atoms with van der Waals surface area (Å²) >= 11 is 0. The highest BCUT2D eigenvalue weighted by atomic mass is 19.1. The van der Waals surface area contributed by atoms with Crippen LogP contribution in [0, 0.1) is 5.82 Å². The van der Waals surface area contributed by atoms with Gasteiger partial charge in [-0.15, -0.1) is 0 Å². The highest BCUT2D eigenvalue weighted by Crippen LogP contribution is 2.30. The topological polar surface area (TPSA) is 37.9 Å². The number of nitrogens with one attached hydrogen (secondary N) is 1. The predicted octanol–water partition coefficient (Wildman–Crippen LogP) is 6.32. The van der Waals surface area contributed by atoms with Crippen molar-refractivity contribution < 1.29 is 9.13 Å². The quantitative estimate of drug-likeness (QED) is 0.378. The summed E-state index contributed by atoms with van der Waals surface area (Å²) in [6.45, 7) is 0. The van der Waals surface area contributed by atoms with Crippen LogP contribution in [0.4, 0.5) is 4.39 Å². The predicted molar refractivity (Wildman–Crippen MR) is 119 cm³/mol. The van der Waals surface area contributed by atoms with E-state index in [9.17, 15) is 4.39 Å². The Bertz CT molecular complexity index is 1340. The third kappa shape index (κ3) is 3.52. The first-order valence-corrected chi connectivity index (χ1v) is 9.99. The normalized spacial score (nSPS) is 11.3. The summed E-state index contributed by atoms with van der Waals surface area (Å²) in [5, 5.41) is 2.26. The van der Waals surface area contributed by atoms with E-state index >= 15 is 0 Å². The fraction of sp³-hybridized carbons (Fsp3) is 0.115. The van der Waals surface area contributed by atoms with Crippen molar-refractivity contribution in [3.63, 3.8) is 0 Å². The molecule has 0 saturated carbocycles. The van der Waals surface area contributed by atoms with Crippen LogP contribution in [0.15, 0.2) is 79.0 Å². The second kappa shape index (κ2) is 7.64. The van der Waals surface area contributed by atoms with E-state index in [0.717, 1.165) is 62.8 Å². The van der Waals surface area contributed by atoms with Gasteiger partial charge in [0.25, 0.3) is 0 Å². The van der Waals surface area contributed by atoms with E-state index in [1.807, 2.05) is 24.4 Å². The minimum Gasteiger partial charge on any atom is -0.497 e. The molecule has 2 aromatic heterocycles. The number of rotatable bonds is 5. The number of nitrogens with zero attached hydrogens (tertiary/aromatic N) is 1. The molecule has 30 heavy (non-hydrogen) atoms. The molecule has 0 bridgehead atoms. The number of hydrogen-bond acceptors (Lipinski definition) is 2. The summed E-state index contributed by atoms with van der Waals surface area (Å²) in [7, 11) is 1.67. The Kier molecular flexibility index (Phi) is 4.68. The van der Waals surface area contributed by atoms with E-state index in [4.69, 9.17) is 4.74 Å². The first-order chi connectivity index (χ1) is 14.7. The largest absolute Gasteiger partial charge is 0.497 e. The molecule has 0 radical (unpaired) electrons. The van der Waals surface area contributed by atoms with Crippen molar-refractivity contribution in [1.82, 2.24) is 9.97 Å². The Balaban J connectivity index is 1.49. The maximum atomic E-state index is 13.4. The van der Waals surface area contributed by atoms with Gasteiger partial charge in [0.05, 0.1) is 7.11 Å². The molecule has 0 aliphatic carbocycles. The summed E-state index contributed by atoms with van der Waals surface area (Å²) in [6, 6.07) is 23.5. The Hall–Kier alpha value is -3.66. The van der Waals surface area contributed by atoms with Crippen LogP contribution in [0.25, 0.3) is 33.1 Å². The van der Waals surface area contributed by atoms with Gasteiger partial charge in [0.15, 0.2) is 0 Å². The first-order valence-electron chi connectivity index (χ1n) is 9.99. The van der Waals surface area contributed by atoms with E-state index in [-0.39, 0.29) is 5.82 Å². The number of hydrogen-bond donors (Lipinski definition) is 1. The minimum atomic E-state index is -0.191. The first kappa shape index (κ1) is 18.4. The Morgan fingerprint density at radius 1 is 0.833 bits per heavy atom. The molecule has 148 valence electrons. The number of ether oxygens (including phenoxy) is 1. The molecule has 0 atom stereocenters. The van der Waals surface area contributed by atoms with Gasteiger partial charge >= 0.3 is 0 Å². The molecule has 3 aromatic carbocycles. The van der Waals surface area contributed by atoms with Crippen LogP contribution >= 0.6 is 0 Å². The number of aryl methyl sites for hydroxylation is 2. The number of fused-ring (bicyclic) bond motifs is 3. The lowest BCUT2D eigenvalue weighted by Crippen LogP contribution is -1.93. The molecular weight excluding hydrogens is 375 g/mol. The van der Waals surface area contributed by atoms with Gasteiger partial charge < -0.3 is 9.72 Å². The van der Waals surface area contributed by atoms with Crippen molar-refractivity contribution in [3.8, 4) is 16.9 Å². The van der Waals surface area contributed by atoms with E-state index < -0.39 is 0 Å². The average molecular weight is 396 g/mol. The van der Waals surface area contributed by atoms with Gasteiger partial charge in [-0.2, -0.15) is 0 Å². The van der Waals surface area contributed by atoms with Crippen molar-refractivity contribution >= 4 is 21.9 Å². The Labute approximate surface area is 174 Å². The van der Waals surface area contributed by atoms with Crippen molar-refractivity contribution in [2.75, 3.05) is 7.11 Å². The van der Waals surface area contributed by atoms with E-state index in [0.29, 0.717) is 0 Å². The van der Waals surface area contributed by atoms with Gasteiger partial charge in [-0.25, -0.2) is 9.37 Å². The molecule has 1 N–H and O–H groups in total. The minimum absolute atomic E-state index is 0.191. The molecule has 0 amide bonds. The van der Waals surface area contributed by atoms with Crippen molar-refractivity contribution in [3.05, 3.63) is 95.9 Å². The zero-order chi connectivity index (χ0) is 20.5. The van der Waals surface area contributed by atoms with E-state index in [1.165, 1.54) is 6.07 Å². The van der Waals surface area contributed by atoms with Gasteiger partial charge in [0, 0.05) is 22.5 Å². The average Bonchev–Trinajstić information content (AvgIpc) is 3.15. The summed E-state index contributed by atoms with van der Waals surface area (Å²) in [4.78, 5) is 8.03. The van der Waals surface area contributed by atoms with Crippen LogP contribution in [0.3, 0.4) is 0 Å². The lowest BCUT2D eigenvalue weighted by atomic mass is 10.0. The molecule has 5 aromatic rings. The van der Waals surface area contributed by atoms with E-state index in [1.54, 1.807) is 19.2 Å². The molecule has 0 fully saturated rings. The standard InChI is InChI=1S/C26H21FN2O/c1-30-22-10-7-19(8-11-22)20-9-12-25-23(15-20)24-14-18(16-28-26(24)29-25)6-5-17-3-2-4-21(27)13-17/h2-4,7-16H,5-6H2,1H3,(H,28,29). The number of methoxy groups -OCH3 is 1. The molecule has 0 saturated heterocycles. The lowest BCUT2D eigenvalue weighted by molar-refractivity contribution is 0.415. The number of halogens is 1. The summed E-state index contributed by atoms with van der Waals surface area (Å²) in [5.74, 6) is 0.655. The van der Waals surface area contributed by atoms with Crippen LogP contribution < -0.4 is 4.74 Å². The van der Waals surface area contributed by atoms with Gasteiger partial charge in [-0.1, -0.05) is 30.3 Å². The molecule has 0 spiro atoms. The SMILES string of the molecule is COc1ccc(-c2ccc3[nH]c4ncc(CCc5cccc(F)c5)cc4c3c2)cc1. The maximum absolute atomic E-state index is 13.4.